The number of carbonyl (C=O) groups is 2. The summed E-state index contributed by atoms with van der Waals surface area (Å²) in [6.45, 7) is 1.73. The molecule has 4 aromatic rings. The summed E-state index contributed by atoms with van der Waals surface area (Å²) in [5, 5.41) is 10.4. The number of nitrogens with zero attached hydrogens (tertiary/aromatic N) is 3. The molecule has 0 fully saturated rings. The third kappa shape index (κ3) is 4.19. The lowest BCUT2D eigenvalue weighted by Gasteiger charge is -2.12. The van der Waals surface area contributed by atoms with Crippen LogP contribution in [0.5, 0.6) is 0 Å². The summed E-state index contributed by atoms with van der Waals surface area (Å²) in [5.74, 6) is -0.355. The Balaban J connectivity index is 1.40. The number of rotatable bonds is 5. The van der Waals surface area contributed by atoms with E-state index in [1.54, 1.807) is 43.3 Å². The Hall–Kier alpha value is -3.46. The summed E-state index contributed by atoms with van der Waals surface area (Å²) in [4.78, 5) is 28.6. The maximum Gasteiger partial charge on any atom is 0.291 e. The summed E-state index contributed by atoms with van der Waals surface area (Å²) in [7, 11) is 0. The van der Waals surface area contributed by atoms with Crippen molar-refractivity contribution in [2.75, 3.05) is 10.6 Å². The first kappa shape index (κ1) is 18.9. The molecule has 0 saturated carbocycles. The predicted octanol–water partition coefficient (Wildman–Crippen LogP) is 4.24. The molecule has 8 nitrogen and oxygen atoms in total. The second kappa shape index (κ2) is 7.88. The minimum Gasteiger partial charge on any atom is -0.451 e. The van der Waals surface area contributed by atoms with Crippen molar-refractivity contribution in [3.05, 3.63) is 71.4 Å². The SMILES string of the molecule is CC(C(=O)Nc1ccc(NC(=O)c2cc3cc(Br)ccc3o2)cc1)n1cncn1. The number of amides is 2. The maximum absolute atomic E-state index is 12.5. The van der Waals surface area contributed by atoms with Crippen LogP contribution in [0.1, 0.15) is 23.5 Å². The Morgan fingerprint density at radius 2 is 1.79 bits per heavy atom. The van der Waals surface area contributed by atoms with E-state index in [9.17, 15) is 9.59 Å². The molecule has 1 unspecified atom stereocenters. The molecule has 2 aromatic heterocycles. The third-order valence-electron chi connectivity index (χ3n) is 4.33. The van der Waals surface area contributed by atoms with Gasteiger partial charge < -0.3 is 15.1 Å². The smallest absolute Gasteiger partial charge is 0.291 e. The highest BCUT2D eigenvalue weighted by Crippen LogP contribution is 2.24. The van der Waals surface area contributed by atoms with Crippen LogP contribution in [-0.2, 0) is 4.79 Å². The lowest BCUT2D eigenvalue weighted by Crippen LogP contribution is -2.24. The van der Waals surface area contributed by atoms with E-state index in [4.69, 9.17) is 4.42 Å². The van der Waals surface area contributed by atoms with Crippen LogP contribution in [0.2, 0.25) is 0 Å². The van der Waals surface area contributed by atoms with Crippen molar-refractivity contribution in [2.24, 2.45) is 0 Å². The number of nitrogens with one attached hydrogen (secondary N) is 2. The van der Waals surface area contributed by atoms with E-state index in [2.05, 4.69) is 36.6 Å². The average Bonchev–Trinajstić information content (AvgIpc) is 3.38. The van der Waals surface area contributed by atoms with E-state index in [0.29, 0.717) is 17.0 Å². The van der Waals surface area contributed by atoms with Gasteiger partial charge in [0.15, 0.2) is 5.76 Å². The molecule has 2 heterocycles. The van der Waals surface area contributed by atoms with Gasteiger partial charge in [0.25, 0.3) is 5.91 Å². The minimum atomic E-state index is -0.495. The van der Waals surface area contributed by atoms with E-state index in [-0.39, 0.29) is 17.6 Å². The quantitative estimate of drug-likeness (QED) is 0.470. The number of hydrogen-bond donors (Lipinski definition) is 2. The van der Waals surface area contributed by atoms with Gasteiger partial charge in [0, 0.05) is 21.2 Å². The largest absolute Gasteiger partial charge is 0.451 e. The zero-order valence-corrected chi connectivity index (χ0v) is 16.9. The molecule has 9 heteroatoms. The van der Waals surface area contributed by atoms with Crippen LogP contribution in [0.4, 0.5) is 11.4 Å². The number of fused-ring (bicyclic) bond motifs is 1. The summed E-state index contributed by atoms with van der Waals surface area (Å²) >= 11 is 3.40. The van der Waals surface area contributed by atoms with Gasteiger partial charge in [-0.2, -0.15) is 5.10 Å². The molecular formula is C20H16BrN5O3. The molecule has 2 N–H and O–H groups in total. The van der Waals surface area contributed by atoms with Crippen LogP contribution in [-0.4, -0.2) is 26.6 Å². The van der Waals surface area contributed by atoms with Crippen LogP contribution in [0.15, 0.2) is 70.1 Å². The molecule has 4 rings (SSSR count). The first-order valence-corrected chi connectivity index (χ1v) is 9.54. The molecule has 2 amide bonds. The van der Waals surface area contributed by atoms with E-state index in [0.717, 1.165) is 9.86 Å². The molecule has 0 aliphatic heterocycles. The van der Waals surface area contributed by atoms with Crippen LogP contribution in [0.25, 0.3) is 11.0 Å². The molecule has 0 saturated heterocycles. The molecule has 0 spiro atoms. The van der Waals surface area contributed by atoms with Gasteiger partial charge in [-0.15, -0.1) is 0 Å². The highest BCUT2D eigenvalue weighted by Gasteiger charge is 2.16. The van der Waals surface area contributed by atoms with Crippen LogP contribution < -0.4 is 10.6 Å². The van der Waals surface area contributed by atoms with Gasteiger partial charge in [0.2, 0.25) is 5.91 Å². The molecule has 146 valence electrons. The summed E-state index contributed by atoms with van der Waals surface area (Å²) in [6.07, 6.45) is 2.86. The Bertz CT molecular complexity index is 1170. The highest BCUT2D eigenvalue weighted by molar-refractivity contribution is 9.10. The lowest BCUT2D eigenvalue weighted by atomic mass is 10.2. The van der Waals surface area contributed by atoms with Crippen LogP contribution >= 0.6 is 15.9 Å². The van der Waals surface area contributed by atoms with Gasteiger partial charge in [0.05, 0.1) is 0 Å². The predicted molar refractivity (Wildman–Crippen MR) is 112 cm³/mol. The van der Waals surface area contributed by atoms with Crippen molar-refractivity contribution in [3.63, 3.8) is 0 Å². The Labute approximate surface area is 174 Å². The van der Waals surface area contributed by atoms with Crippen molar-refractivity contribution in [2.45, 2.75) is 13.0 Å². The van der Waals surface area contributed by atoms with Gasteiger partial charge >= 0.3 is 0 Å². The van der Waals surface area contributed by atoms with E-state index in [1.165, 1.54) is 17.3 Å². The molecule has 2 aromatic carbocycles. The normalized spacial score (nSPS) is 11.9. The number of hydrogen-bond acceptors (Lipinski definition) is 5. The first-order chi connectivity index (χ1) is 14.0. The van der Waals surface area contributed by atoms with Gasteiger partial charge in [0.1, 0.15) is 24.3 Å². The molecule has 29 heavy (non-hydrogen) atoms. The monoisotopic (exact) mass is 453 g/mol. The molecule has 0 bridgehead atoms. The fourth-order valence-corrected chi connectivity index (χ4v) is 3.12. The Kier molecular flexibility index (Phi) is 5.13. The Morgan fingerprint density at radius 1 is 1.07 bits per heavy atom. The van der Waals surface area contributed by atoms with Gasteiger partial charge in [-0.3, -0.25) is 9.59 Å². The van der Waals surface area contributed by atoms with E-state index >= 15 is 0 Å². The molecular weight excluding hydrogens is 438 g/mol. The zero-order chi connectivity index (χ0) is 20.4. The molecule has 0 radical (unpaired) electrons. The van der Waals surface area contributed by atoms with E-state index in [1.807, 2.05) is 12.1 Å². The number of anilines is 2. The van der Waals surface area contributed by atoms with Crippen molar-refractivity contribution < 1.29 is 14.0 Å². The van der Waals surface area contributed by atoms with Crippen molar-refractivity contribution in [3.8, 4) is 0 Å². The van der Waals surface area contributed by atoms with Gasteiger partial charge in [-0.05, 0) is 55.5 Å². The average molecular weight is 454 g/mol. The Morgan fingerprint density at radius 3 is 2.48 bits per heavy atom. The lowest BCUT2D eigenvalue weighted by molar-refractivity contribution is -0.119. The first-order valence-electron chi connectivity index (χ1n) is 8.75. The number of benzene rings is 2. The van der Waals surface area contributed by atoms with Crippen LogP contribution in [0.3, 0.4) is 0 Å². The minimum absolute atomic E-state index is 0.220. The fourth-order valence-electron chi connectivity index (χ4n) is 2.74. The second-order valence-corrected chi connectivity index (χ2v) is 7.28. The summed E-state index contributed by atoms with van der Waals surface area (Å²) in [6, 6.07) is 13.5. The van der Waals surface area contributed by atoms with Crippen molar-refractivity contribution in [1.29, 1.82) is 0 Å². The molecule has 0 aliphatic rings. The topological polar surface area (TPSA) is 102 Å². The number of carbonyl (C=O) groups excluding carboxylic acids is 2. The summed E-state index contributed by atoms with van der Waals surface area (Å²) < 4.78 is 7.97. The molecule has 0 aliphatic carbocycles. The van der Waals surface area contributed by atoms with Crippen molar-refractivity contribution >= 4 is 50.1 Å². The fraction of sp³-hybridized carbons (Fsp3) is 0.100. The number of furan rings is 1. The standard InChI is InChI=1S/C20H16BrN5O3/c1-12(26-11-22-10-23-26)19(27)24-15-3-5-16(6-4-15)25-20(28)18-9-13-8-14(21)2-7-17(13)29-18/h2-12H,1H3,(H,24,27)(H,25,28). The molecule has 1 atom stereocenters. The van der Waals surface area contributed by atoms with Gasteiger partial charge in [-0.1, -0.05) is 15.9 Å². The van der Waals surface area contributed by atoms with Crippen LogP contribution in [0, 0.1) is 0 Å². The van der Waals surface area contributed by atoms with Gasteiger partial charge in [-0.25, -0.2) is 9.67 Å². The highest BCUT2D eigenvalue weighted by atomic mass is 79.9. The van der Waals surface area contributed by atoms with Crippen molar-refractivity contribution in [1.82, 2.24) is 14.8 Å². The summed E-state index contributed by atoms with van der Waals surface area (Å²) in [5.41, 5.74) is 1.82. The second-order valence-electron chi connectivity index (χ2n) is 6.36. The zero-order valence-electron chi connectivity index (χ0n) is 15.3. The number of aromatic nitrogens is 3. The van der Waals surface area contributed by atoms with E-state index < -0.39 is 6.04 Å². The number of halogens is 1. The third-order valence-corrected chi connectivity index (χ3v) is 4.82. The maximum atomic E-state index is 12.5.